The fourth-order valence-corrected chi connectivity index (χ4v) is 4.14. The molecule has 0 radical (unpaired) electrons. The Labute approximate surface area is 189 Å². The number of piperidine rings is 1. The van der Waals surface area contributed by atoms with Gasteiger partial charge < -0.3 is 25.0 Å². The molecule has 2 heterocycles. The Bertz CT molecular complexity index is 1050. The van der Waals surface area contributed by atoms with Gasteiger partial charge >= 0.3 is 0 Å². The van der Waals surface area contributed by atoms with Gasteiger partial charge in [0.05, 0.1) is 26.5 Å². The van der Waals surface area contributed by atoms with Crippen LogP contribution in [0.1, 0.15) is 18.5 Å². The molecule has 0 saturated carbocycles. The molecule has 1 aliphatic heterocycles. The van der Waals surface area contributed by atoms with Gasteiger partial charge in [0, 0.05) is 61.6 Å². The predicted molar refractivity (Wildman–Crippen MR) is 130 cm³/mol. The lowest BCUT2D eigenvalue weighted by Gasteiger charge is -2.34. The van der Waals surface area contributed by atoms with Crippen molar-refractivity contribution in [1.82, 2.24) is 15.6 Å². The van der Waals surface area contributed by atoms with Crippen LogP contribution in [0.5, 0.6) is 11.5 Å². The fourth-order valence-electron chi connectivity index (χ4n) is 4.14. The van der Waals surface area contributed by atoms with Crippen LogP contribution < -0.4 is 25.0 Å². The maximum Gasteiger partial charge on any atom is 0.191 e. The molecule has 0 bridgehead atoms. The third kappa shape index (κ3) is 5.04. The first-order valence-electron chi connectivity index (χ1n) is 11.0. The van der Waals surface area contributed by atoms with E-state index in [0.717, 1.165) is 54.8 Å². The van der Waals surface area contributed by atoms with Gasteiger partial charge in [0.1, 0.15) is 11.5 Å². The summed E-state index contributed by atoms with van der Waals surface area (Å²) in [7, 11) is 5.17. The van der Waals surface area contributed by atoms with Gasteiger partial charge in [0.2, 0.25) is 0 Å². The molecule has 0 aliphatic carbocycles. The third-order valence-electron chi connectivity index (χ3n) is 5.94. The Morgan fingerprint density at radius 1 is 1.06 bits per heavy atom. The highest BCUT2D eigenvalue weighted by Crippen LogP contribution is 2.30. The highest BCUT2D eigenvalue weighted by Gasteiger charge is 2.21. The summed E-state index contributed by atoms with van der Waals surface area (Å²) in [5.41, 5.74) is 2.15. The Morgan fingerprint density at radius 2 is 1.78 bits per heavy atom. The molecule has 168 valence electrons. The summed E-state index contributed by atoms with van der Waals surface area (Å²) >= 11 is 0. The van der Waals surface area contributed by atoms with Gasteiger partial charge in [0.25, 0.3) is 0 Å². The van der Waals surface area contributed by atoms with E-state index in [1.807, 2.05) is 37.5 Å². The second kappa shape index (κ2) is 10.2. The minimum Gasteiger partial charge on any atom is -0.497 e. The highest BCUT2D eigenvalue weighted by molar-refractivity contribution is 5.85. The first kappa shape index (κ1) is 21.7. The van der Waals surface area contributed by atoms with Crippen LogP contribution in [0, 0.1) is 0 Å². The van der Waals surface area contributed by atoms with Crippen molar-refractivity contribution in [3.05, 3.63) is 60.4 Å². The highest BCUT2D eigenvalue weighted by atomic mass is 16.5. The number of fused-ring (bicyclic) bond motifs is 1. The largest absolute Gasteiger partial charge is 0.497 e. The van der Waals surface area contributed by atoms with Gasteiger partial charge in [0.15, 0.2) is 5.96 Å². The van der Waals surface area contributed by atoms with Crippen molar-refractivity contribution in [1.29, 1.82) is 0 Å². The first-order chi connectivity index (χ1) is 15.7. The Kier molecular flexibility index (Phi) is 6.94. The molecule has 7 heteroatoms. The second-order valence-electron chi connectivity index (χ2n) is 7.88. The molecule has 1 saturated heterocycles. The molecule has 1 aliphatic rings. The summed E-state index contributed by atoms with van der Waals surface area (Å²) in [5, 5.41) is 9.37. The minimum atomic E-state index is 0.366. The average Bonchev–Trinajstić information content (AvgIpc) is 2.86. The van der Waals surface area contributed by atoms with E-state index in [4.69, 9.17) is 9.47 Å². The Morgan fingerprint density at radius 3 is 2.47 bits per heavy atom. The number of aliphatic imine (C=N–C) groups is 1. The van der Waals surface area contributed by atoms with Crippen LogP contribution >= 0.6 is 0 Å². The molecule has 0 amide bonds. The van der Waals surface area contributed by atoms with E-state index in [9.17, 15) is 0 Å². The van der Waals surface area contributed by atoms with E-state index < -0.39 is 0 Å². The third-order valence-corrected chi connectivity index (χ3v) is 5.94. The number of guanidine groups is 1. The standard InChI is InChI=1S/C25H31N5O2/c1-26-25(28-17-24-23-7-5-4-6-18(23)8-11-27-24)29-19-9-12-30(13-10-19)20-14-21(31-2)16-22(15-20)32-3/h4-8,11,14-16,19H,9-10,12-13,17H2,1-3H3,(H2,26,28,29). The number of nitrogens with zero attached hydrogens (tertiary/aromatic N) is 3. The lowest BCUT2D eigenvalue weighted by atomic mass is 10.0. The number of rotatable bonds is 6. The number of hydrogen-bond acceptors (Lipinski definition) is 5. The Hall–Kier alpha value is -3.48. The summed E-state index contributed by atoms with van der Waals surface area (Å²) in [6.07, 6.45) is 3.90. The van der Waals surface area contributed by atoms with Gasteiger partial charge in [-0.3, -0.25) is 9.98 Å². The van der Waals surface area contributed by atoms with E-state index in [1.165, 1.54) is 10.8 Å². The predicted octanol–water partition coefficient (Wildman–Crippen LogP) is 3.59. The molecular weight excluding hydrogens is 402 g/mol. The molecule has 2 N–H and O–H groups in total. The van der Waals surface area contributed by atoms with Crippen LogP contribution in [0.2, 0.25) is 0 Å². The minimum absolute atomic E-state index is 0.366. The number of benzene rings is 2. The molecule has 1 aromatic heterocycles. The van der Waals surface area contributed by atoms with Crippen LogP contribution in [0.15, 0.2) is 59.7 Å². The van der Waals surface area contributed by atoms with Crippen molar-refractivity contribution in [2.75, 3.05) is 39.3 Å². The zero-order valence-electron chi connectivity index (χ0n) is 19.0. The molecule has 2 aromatic carbocycles. The molecule has 0 unspecified atom stereocenters. The average molecular weight is 434 g/mol. The smallest absolute Gasteiger partial charge is 0.191 e. The van der Waals surface area contributed by atoms with Gasteiger partial charge in [-0.15, -0.1) is 0 Å². The van der Waals surface area contributed by atoms with E-state index in [0.29, 0.717) is 12.6 Å². The van der Waals surface area contributed by atoms with E-state index in [2.05, 4.69) is 49.8 Å². The van der Waals surface area contributed by atoms with Crippen LogP contribution in [0.25, 0.3) is 10.8 Å². The molecule has 7 nitrogen and oxygen atoms in total. The van der Waals surface area contributed by atoms with E-state index in [1.54, 1.807) is 14.2 Å². The maximum absolute atomic E-state index is 5.42. The number of anilines is 1. The van der Waals surface area contributed by atoms with Gasteiger partial charge in [-0.05, 0) is 24.3 Å². The van der Waals surface area contributed by atoms with E-state index in [-0.39, 0.29) is 0 Å². The Balaban J connectivity index is 1.33. The number of ether oxygens (including phenoxy) is 2. The molecule has 3 aromatic rings. The van der Waals surface area contributed by atoms with Gasteiger partial charge in [-0.2, -0.15) is 0 Å². The SMILES string of the molecule is CN=C(NCc1nccc2ccccc12)NC1CCN(c2cc(OC)cc(OC)c2)CC1. The van der Waals surface area contributed by atoms with Crippen LogP contribution in [-0.2, 0) is 6.54 Å². The van der Waals surface area contributed by atoms with Gasteiger partial charge in [-0.1, -0.05) is 24.3 Å². The second-order valence-corrected chi connectivity index (χ2v) is 7.88. The summed E-state index contributed by atoms with van der Waals surface area (Å²) < 4.78 is 10.8. The van der Waals surface area contributed by atoms with Crippen LogP contribution in [0.3, 0.4) is 0 Å². The lowest BCUT2D eigenvalue weighted by Crippen LogP contribution is -2.48. The van der Waals surface area contributed by atoms with Crippen LogP contribution in [-0.4, -0.2) is 51.3 Å². The van der Waals surface area contributed by atoms with Crippen molar-refractivity contribution < 1.29 is 9.47 Å². The summed E-state index contributed by atoms with van der Waals surface area (Å²) in [5.74, 6) is 2.43. The number of nitrogens with one attached hydrogen (secondary N) is 2. The topological polar surface area (TPSA) is 71.0 Å². The lowest BCUT2D eigenvalue weighted by molar-refractivity contribution is 0.393. The zero-order valence-corrected chi connectivity index (χ0v) is 19.0. The molecular formula is C25H31N5O2. The van der Waals surface area contributed by atoms with Crippen molar-refractivity contribution in [2.45, 2.75) is 25.4 Å². The molecule has 0 spiro atoms. The normalized spacial score (nSPS) is 15.0. The number of methoxy groups -OCH3 is 2. The van der Waals surface area contributed by atoms with Crippen molar-refractivity contribution in [2.24, 2.45) is 4.99 Å². The van der Waals surface area contributed by atoms with Crippen molar-refractivity contribution >= 4 is 22.4 Å². The van der Waals surface area contributed by atoms with Crippen molar-refractivity contribution in [3.63, 3.8) is 0 Å². The quantitative estimate of drug-likeness (QED) is 0.457. The first-order valence-corrected chi connectivity index (χ1v) is 11.0. The van der Waals surface area contributed by atoms with Crippen molar-refractivity contribution in [3.8, 4) is 11.5 Å². The summed E-state index contributed by atoms with van der Waals surface area (Å²) in [6, 6.07) is 16.8. The molecule has 32 heavy (non-hydrogen) atoms. The fraction of sp³-hybridized carbons (Fsp3) is 0.360. The summed E-state index contributed by atoms with van der Waals surface area (Å²) in [4.78, 5) is 11.4. The number of pyridine rings is 1. The number of hydrogen-bond donors (Lipinski definition) is 2. The molecule has 1 fully saturated rings. The van der Waals surface area contributed by atoms with Crippen LogP contribution in [0.4, 0.5) is 5.69 Å². The number of aromatic nitrogens is 1. The monoisotopic (exact) mass is 433 g/mol. The zero-order chi connectivity index (χ0) is 22.3. The summed E-state index contributed by atoms with van der Waals surface area (Å²) in [6.45, 7) is 2.54. The molecule has 4 rings (SSSR count). The van der Waals surface area contributed by atoms with Gasteiger partial charge in [-0.25, -0.2) is 0 Å². The maximum atomic E-state index is 5.42. The van der Waals surface area contributed by atoms with E-state index >= 15 is 0 Å². The molecule has 0 atom stereocenters.